The number of para-hydroxylation sites is 1. The number of thioether (sulfide) groups is 1. The van der Waals surface area contributed by atoms with Gasteiger partial charge >= 0.3 is 0 Å². The fraction of sp³-hybridized carbons (Fsp3) is 0.281. The van der Waals surface area contributed by atoms with Crippen molar-refractivity contribution in [1.82, 2.24) is 15.1 Å². The Hall–Kier alpha value is -3.95. The van der Waals surface area contributed by atoms with Crippen LogP contribution in [0.2, 0.25) is 5.02 Å². The molecule has 4 aromatic rings. The van der Waals surface area contributed by atoms with Crippen molar-refractivity contribution in [2.45, 2.75) is 31.6 Å². The van der Waals surface area contributed by atoms with Crippen molar-refractivity contribution in [2.75, 3.05) is 31.4 Å². The molecular weight excluding hydrogens is 572 g/mol. The molecule has 1 aliphatic heterocycles. The number of carbonyl (C=O) groups excluding carboxylic acids is 2. The van der Waals surface area contributed by atoms with E-state index in [4.69, 9.17) is 26.2 Å². The molecule has 2 heterocycles. The maximum atomic E-state index is 13.9. The lowest BCUT2D eigenvalue weighted by Crippen LogP contribution is -2.44. The Bertz CT molecular complexity index is 1590. The molecule has 0 fully saturated rings. The van der Waals surface area contributed by atoms with Crippen molar-refractivity contribution >= 4 is 41.0 Å². The fourth-order valence-corrected chi connectivity index (χ4v) is 6.40. The van der Waals surface area contributed by atoms with E-state index < -0.39 is 0 Å². The zero-order chi connectivity index (χ0) is 29.8. The highest BCUT2D eigenvalue weighted by atomic mass is 35.5. The highest BCUT2D eigenvalue weighted by Crippen LogP contribution is 2.51. The minimum absolute atomic E-state index is 0.0319. The van der Waals surface area contributed by atoms with E-state index in [0.717, 1.165) is 23.1 Å². The van der Waals surface area contributed by atoms with Gasteiger partial charge in [-0.05, 0) is 43.7 Å². The number of nitrogens with one attached hydrogen (secondary N) is 1. The molecule has 0 saturated carbocycles. The van der Waals surface area contributed by atoms with E-state index in [1.807, 2.05) is 80.6 Å². The Balaban J connectivity index is 1.83. The number of anilines is 1. The first-order chi connectivity index (χ1) is 20.4. The predicted octanol–water partition coefficient (Wildman–Crippen LogP) is 6.29. The number of hydrogen-bond acceptors (Lipinski definition) is 6. The van der Waals surface area contributed by atoms with Crippen LogP contribution in [0.25, 0.3) is 16.9 Å². The van der Waals surface area contributed by atoms with Crippen molar-refractivity contribution in [2.24, 2.45) is 0 Å². The van der Waals surface area contributed by atoms with Gasteiger partial charge in [-0.1, -0.05) is 61.0 Å². The molecule has 5 rings (SSSR count). The summed E-state index contributed by atoms with van der Waals surface area (Å²) in [5.41, 5.74) is 3.75. The fourth-order valence-electron chi connectivity index (χ4n) is 4.98. The van der Waals surface area contributed by atoms with Crippen LogP contribution < -0.4 is 19.7 Å². The molecule has 1 aliphatic rings. The van der Waals surface area contributed by atoms with Gasteiger partial charge in [-0.25, -0.2) is 4.68 Å². The number of aromatic nitrogens is 2. The van der Waals surface area contributed by atoms with Crippen LogP contribution in [0.5, 0.6) is 11.5 Å². The van der Waals surface area contributed by atoms with E-state index in [0.29, 0.717) is 33.7 Å². The van der Waals surface area contributed by atoms with Crippen LogP contribution in [0.4, 0.5) is 5.82 Å². The Labute approximate surface area is 255 Å². The van der Waals surface area contributed by atoms with Gasteiger partial charge in [-0.3, -0.25) is 14.5 Å². The number of rotatable bonds is 9. The van der Waals surface area contributed by atoms with Gasteiger partial charge in [0.05, 0.1) is 41.6 Å². The maximum absolute atomic E-state index is 13.9. The third-order valence-corrected chi connectivity index (χ3v) is 8.81. The SMILES string of the molecule is CC[C@@H](C)NC(=O)CN1C(=O)CS[C@H](c2cc(OC)ccc2OC)c2c(-c3ccccc3)nn(-c3ccccc3Cl)c21. The second-order valence-electron chi connectivity index (χ2n) is 9.97. The smallest absolute Gasteiger partial charge is 0.240 e. The van der Waals surface area contributed by atoms with Crippen LogP contribution in [0.3, 0.4) is 0 Å². The van der Waals surface area contributed by atoms with E-state index in [-0.39, 0.29) is 35.4 Å². The summed E-state index contributed by atoms with van der Waals surface area (Å²) in [4.78, 5) is 28.7. The van der Waals surface area contributed by atoms with Crippen LogP contribution in [0.15, 0.2) is 72.8 Å². The second-order valence-corrected chi connectivity index (χ2v) is 11.5. The van der Waals surface area contributed by atoms with Gasteiger partial charge in [-0.15, -0.1) is 11.8 Å². The molecule has 1 aromatic heterocycles. The number of ether oxygens (including phenoxy) is 2. The molecule has 218 valence electrons. The number of carbonyl (C=O) groups is 2. The van der Waals surface area contributed by atoms with Crippen molar-refractivity contribution < 1.29 is 19.1 Å². The first kappa shape index (κ1) is 29.5. The number of nitrogens with zero attached hydrogens (tertiary/aromatic N) is 3. The van der Waals surface area contributed by atoms with Gasteiger partial charge in [0.25, 0.3) is 0 Å². The number of halogens is 1. The summed E-state index contributed by atoms with van der Waals surface area (Å²) in [6, 6.07) is 22.7. The average molecular weight is 605 g/mol. The molecule has 0 bridgehead atoms. The summed E-state index contributed by atoms with van der Waals surface area (Å²) in [6.45, 7) is 3.78. The van der Waals surface area contributed by atoms with E-state index in [2.05, 4.69) is 5.32 Å². The number of hydrogen-bond donors (Lipinski definition) is 1. The monoisotopic (exact) mass is 604 g/mol. The number of methoxy groups -OCH3 is 2. The molecule has 42 heavy (non-hydrogen) atoms. The van der Waals surface area contributed by atoms with Gasteiger partial charge in [0.2, 0.25) is 11.8 Å². The molecule has 0 unspecified atom stereocenters. The van der Waals surface area contributed by atoms with Crippen molar-refractivity contribution in [3.8, 4) is 28.4 Å². The molecule has 0 aliphatic carbocycles. The van der Waals surface area contributed by atoms with Crippen molar-refractivity contribution in [3.05, 3.63) is 88.9 Å². The van der Waals surface area contributed by atoms with Gasteiger partial charge < -0.3 is 14.8 Å². The predicted molar refractivity (Wildman–Crippen MR) is 168 cm³/mol. The summed E-state index contributed by atoms with van der Waals surface area (Å²) in [5.74, 6) is 1.47. The lowest BCUT2D eigenvalue weighted by molar-refractivity contribution is -0.123. The third-order valence-electron chi connectivity index (χ3n) is 7.26. The molecule has 10 heteroatoms. The van der Waals surface area contributed by atoms with Crippen LogP contribution >= 0.6 is 23.4 Å². The zero-order valence-electron chi connectivity index (χ0n) is 24.0. The van der Waals surface area contributed by atoms with Gasteiger partial charge in [0.15, 0.2) is 0 Å². The lowest BCUT2D eigenvalue weighted by atomic mass is 9.98. The number of fused-ring (bicyclic) bond motifs is 1. The molecule has 1 N–H and O–H groups in total. The summed E-state index contributed by atoms with van der Waals surface area (Å²) in [7, 11) is 3.23. The Kier molecular flexibility index (Phi) is 9.09. The molecule has 0 saturated heterocycles. The average Bonchev–Trinajstić information content (AvgIpc) is 3.33. The molecular formula is C32H33ClN4O4S. The summed E-state index contributed by atoms with van der Waals surface area (Å²) >= 11 is 8.19. The number of amides is 2. The molecule has 8 nitrogen and oxygen atoms in total. The van der Waals surface area contributed by atoms with Crippen LogP contribution in [0.1, 0.15) is 36.6 Å². The van der Waals surface area contributed by atoms with Gasteiger partial charge in [-0.2, -0.15) is 5.10 Å². The minimum atomic E-state index is -0.386. The highest BCUT2D eigenvalue weighted by Gasteiger charge is 2.39. The summed E-state index contributed by atoms with van der Waals surface area (Å²) in [5, 5.41) is 8.18. The van der Waals surface area contributed by atoms with E-state index in [1.54, 1.807) is 25.0 Å². The molecule has 0 radical (unpaired) electrons. The quantitative estimate of drug-likeness (QED) is 0.242. The van der Waals surface area contributed by atoms with Crippen LogP contribution in [-0.4, -0.2) is 54.2 Å². The molecule has 3 aromatic carbocycles. The summed E-state index contributed by atoms with van der Waals surface area (Å²) < 4.78 is 13.1. The first-order valence-corrected chi connectivity index (χ1v) is 15.1. The normalized spacial score (nSPS) is 15.5. The summed E-state index contributed by atoms with van der Waals surface area (Å²) in [6.07, 6.45) is 0.772. The van der Waals surface area contributed by atoms with Crippen LogP contribution in [-0.2, 0) is 9.59 Å². The number of benzene rings is 3. The van der Waals surface area contributed by atoms with E-state index >= 15 is 0 Å². The molecule has 0 spiro atoms. The van der Waals surface area contributed by atoms with Crippen molar-refractivity contribution in [1.29, 1.82) is 0 Å². The molecule has 2 atom stereocenters. The highest BCUT2D eigenvalue weighted by molar-refractivity contribution is 8.00. The first-order valence-electron chi connectivity index (χ1n) is 13.7. The Morgan fingerprint density at radius 1 is 1.10 bits per heavy atom. The maximum Gasteiger partial charge on any atom is 0.240 e. The minimum Gasteiger partial charge on any atom is -0.497 e. The van der Waals surface area contributed by atoms with Gasteiger partial charge in [0, 0.05) is 22.7 Å². The Morgan fingerprint density at radius 3 is 2.52 bits per heavy atom. The Morgan fingerprint density at radius 2 is 1.83 bits per heavy atom. The van der Waals surface area contributed by atoms with Gasteiger partial charge in [0.1, 0.15) is 23.9 Å². The third kappa shape index (κ3) is 5.84. The van der Waals surface area contributed by atoms with E-state index in [9.17, 15) is 9.59 Å². The van der Waals surface area contributed by atoms with E-state index in [1.165, 1.54) is 16.7 Å². The van der Waals surface area contributed by atoms with Crippen molar-refractivity contribution in [3.63, 3.8) is 0 Å². The zero-order valence-corrected chi connectivity index (χ0v) is 25.5. The topological polar surface area (TPSA) is 85.7 Å². The lowest BCUT2D eigenvalue weighted by Gasteiger charge is -2.24. The molecule has 2 amide bonds. The largest absolute Gasteiger partial charge is 0.497 e. The van der Waals surface area contributed by atoms with Crippen LogP contribution in [0, 0.1) is 0 Å². The second kappa shape index (κ2) is 12.9. The standard InChI is InChI=1S/C32H33ClN4O4S/c1-5-20(2)34-27(38)18-36-28(39)19-42-31(23-17-22(40-3)15-16-26(23)41-4)29-30(21-11-7-6-8-12-21)35-37(32(29)36)25-14-10-9-13-24(25)33/h6-17,20,31H,5,18-19H2,1-4H3,(H,34,38)/t20-,31-/m1/s1.